The second kappa shape index (κ2) is 5.54. The number of aromatic carboxylic acids is 1. The quantitative estimate of drug-likeness (QED) is 0.834. The molecule has 20 heavy (non-hydrogen) atoms. The van der Waals surface area contributed by atoms with Crippen LogP contribution in [0.1, 0.15) is 21.7 Å². The molecule has 0 saturated carbocycles. The Labute approximate surface area is 124 Å². The maximum atomic E-state index is 10.8. The van der Waals surface area contributed by atoms with Crippen LogP contribution < -0.4 is 10.5 Å². The van der Waals surface area contributed by atoms with Crippen molar-refractivity contribution in [3.05, 3.63) is 39.6 Å². The molecule has 2 rings (SSSR count). The SMILES string of the molecule is Cc1nn(C)c(COc2ccc(C(=O)O)cc2N)c1Br. The average Bonchev–Trinajstić information content (AvgIpc) is 2.62. The highest BCUT2D eigenvalue weighted by atomic mass is 79.9. The number of nitrogens with zero attached hydrogens (tertiary/aromatic N) is 2. The lowest BCUT2D eigenvalue weighted by Crippen LogP contribution is -2.06. The van der Waals surface area contributed by atoms with Crippen LogP contribution in [0.3, 0.4) is 0 Å². The molecule has 3 N–H and O–H groups in total. The fourth-order valence-electron chi connectivity index (χ4n) is 1.80. The van der Waals surface area contributed by atoms with E-state index < -0.39 is 5.97 Å². The van der Waals surface area contributed by atoms with Crippen LogP contribution in [0.5, 0.6) is 5.75 Å². The zero-order valence-corrected chi connectivity index (χ0v) is 12.6. The summed E-state index contributed by atoms with van der Waals surface area (Å²) >= 11 is 3.45. The fourth-order valence-corrected chi connectivity index (χ4v) is 2.25. The molecule has 1 aromatic heterocycles. The third kappa shape index (κ3) is 2.77. The van der Waals surface area contributed by atoms with E-state index in [0.29, 0.717) is 11.4 Å². The molecule has 0 aliphatic rings. The van der Waals surface area contributed by atoms with Crippen LogP contribution in [-0.4, -0.2) is 20.9 Å². The average molecular weight is 340 g/mol. The van der Waals surface area contributed by atoms with Gasteiger partial charge in [-0.1, -0.05) is 0 Å². The first-order valence-corrected chi connectivity index (χ1v) is 6.63. The van der Waals surface area contributed by atoms with Gasteiger partial charge in [-0.3, -0.25) is 4.68 Å². The van der Waals surface area contributed by atoms with Gasteiger partial charge in [0.05, 0.1) is 27.1 Å². The number of ether oxygens (including phenoxy) is 1. The van der Waals surface area contributed by atoms with Gasteiger partial charge in [0.15, 0.2) is 0 Å². The number of rotatable bonds is 4. The lowest BCUT2D eigenvalue weighted by Gasteiger charge is -2.10. The van der Waals surface area contributed by atoms with Crippen LogP contribution in [0.25, 0.3) is 0 Å². The van der Waals surface area contributed by atoms with E-state index in [-0.39, 0.29) is 12.2 Å². The van der Waals surface area contributed by atoms with Crippen LogP contribution in [-0.2, 0) is 13.7 Å². The first-order valence-electron chi connectivity index (χ1n) is 5.83. The van der Waals surface area contributed by atoms with Crippen molar-refractivity contribution in [1.29, 1.82) is 0 Å². The van der Waals surface area contributed by atoms with Crippen molar-refractivity contribution in [2.24, 2.45) is 7.05 Å². The Balaban J connectivity index is 2.17. The van der Waals surface area contributed by atoms with Crippen molar-refractivity contribution in [2.45, 2.75) is 13.5 Å². The van der Waals surface area contributed by atoms with Crippen molar-refractivity contribution in [1.82, 2.24) is 9.78 Å². The second-order valence-corrected chi connectivity index (χ2v) is 5.11. The first kappa shape index (κ1) is 14.4. The lowest BCUT2D eigenvalue weighted by atomic mass is 10.2. The Bertz CT molecular complexity index is 667. The Morgan fingerprint density at radius 2 is 2.25 bits per heavy atom. The number of nitrogens with two attached hydrogens (primary N) is 1. The molecule has 106 valence electrons. The number of anilines is 1. The second-order valence-electron chi connectivity index (χ2n) is 4.32. The number of benzene rings is 1. The number of nitrogen functional groups attached to an aromatic ring is 1. The van der Waals surface area contributed by atoms with Gasteiger partial charge >= 0.3 is 5.97 Å². The normalized spacial score (nSPS) is 10.6. The number of halogens is 1. The minimum Gasteiger partial charge on any atom is -0.485 e. The largest absolute Gasteiger partial charge is 0.485 e. The monoisotopic (exact) mass is 339 g/mol. The smallest absolute Gasteiger partial charge is 0.335 e. The molecule has 0 atom stereocenters. The van der Waals surface area contributed by atoms with Gasteiger partial charge < -0.3 is 15.6 Å². The van der Waals surface area contributed by atoms with Crippen LogP contribution in [0.4, 0.5) is 5.69 Å². The van der Waals surface area contributed by atoms with Crippen LogP contribution >= 0.6 is 15.9 Å². The van der Waals surface area contributed by atoms with Crippen molar-refractivity contribution in [2.75, 3.05) is 5.73 Å². The fraction of sp³-hybridized carbons (Fsp3) is 0.231. The van der Waals surface area contributed by atoms with Gasteiger partial charge in [-0.25, -0.2) is 4.79 Å². The summed E-state index contributed by atoms with van der Waals surface area (Å²) in [4.78, 5) is 10.8. The summed E-state index contributed by atoms with van der Waals surface area (Å²) in [6.45, 7) is 2.18. The van der Waals surface area contributed by atoms with Crippen LogP contribution in [0.2, 0.25) is 0 Å². The summed E-state index contributed by atoms with van der Waals surface area (Å²) in [6, 6.07) is 4.38. The maximum absolute atomic E-state index is 10.8. The zero-order chi connectivity index (χ0) is 14.9. The van der Waals surface area contributed by atoms with E-state index in [2.05, 4.69) is 21.0 Å². The molecule has 0 aliphatic carbocycles. The molecular formula is C13H14BrN3O3. The minimum atomic E-state index is -1.02. The summed E-state index contributed by atoms with van der Waals surface area (Å²) in [5, 5.41) is 13.1. The van der Waals surface area contributed by atoms with E-state index >= 15 is 0 Å². The number of carboxylic acids is 1. The standard InChI is InChI=1S/C13H14BrN3O3/c1-7-12(14)10(17(2)16-7)6-20-11-4-3-8(13(18)19)5-9(11)15/h3-5H,6,15H2,1-2H3,(H,18,19). The molecular weight excluding hydrogens is 326 g/mol. The third-order valence-electron chi connectivity index (χ3n) is 2.88. The lowest BCUT2D eigenvalue weighted by molar-refractivity contribution is 0.0697. The van der Waals surface area contributed by atoms with Crippen molar-refractivity contribution >= 4 is 27.6 Å². The molecule has 7 heteroatoms. The van der Waals surface area contributed by atoms with E-state index in [1.165, 1.54) is 12.1 Å². The number of carbonyl (C=O) groups is 1. The summed E-state index contributed by atoms with van der Waals surface area (Å²) in [5.74, 6) is -0.575. The maximum Gasteiger partial charge on any atom is 0.335 e. The highest BCUT2D eigenvalue weighted by molar-refractivity contribution is 9.10. The van der Waals surface area contributed by atoms with Gasteiger partial charge in [0.25, 0.3) is 0 Å². The Kier molecular flexibility index (Phi) is 3.99. The molecule has 0 radical (unpaired) electrons. The molecule has 2 aromatic rings. The number of hydrogen-bond acceptors (Lipinski definition) is 4. The van der Waals surface area contributed by atoms with Gasteiger partial charge in [-0.2, -0.15) is 5.10 Å². The molecule has 0 unspecified atom stereocenters. The Morgan fingerprint density at radius 1 is 1.55 bits per heavy atom. The summed E-state index contributed by atoms with van der Waals surface area (Å²) in [7, 11) is 1.83. The number of carboxylic acid groups (broad SMARTS) is 1. The molecule has 0 saturated heterocycles. The topological polar surface area (TPSA) is 90.4 Å². The number of aromatic nitrogens is 2. The van der Waals surface area contributed by atoms with Gasteiger partial charge in [0, 0.05) is 7.05 Å². The van der Waals surface area contributed by atoms with E-state index in [1.807, 2.05) is 14.0 Å². The molecule has 0 spiro atoms. The van der Waals surface area contributed by atoms with Crippen molar-refractivity contribution in [3.63, 3.8) is 0 Å². The molecule has 0 aliphatic heterocycles. The molecule has 0 bridgehead atoms. The van der Waals surface area contributed by atoms with E-state index in [0.717, 1.165) is 15.9 Å². The highest BCUT2D eigenvalue weighted by Gasteiger charge is 2.12. The highest BCUT2D eigenvalue weighted by Crippen LogP contribution is 2.26. The predicted molar refractivity (Wildman–Crippen MR) is 77.8 cm³/mol. The summed E-state index contributed by atoms with van der Waals surface area (Å²) < 4.78 is 8.24. The van der Waals surface area contributed by atoms with Gasteiger partial charge in [0.2, 0.25) is 0 Å². The van der Waals surface area contributed by atoms with Crippen molar-refractivity contribution < 1.29 is 14.6 Å². The molecule has 1 aromatic carbocycles. The number of hydrogen-bond donors (Lipinski definition) is 2. The van der Waals surface area contributed by atoms with Gasteiger partial charge in [-0.15, -0.1) is 0 Å². The van der Waals surface area contributed by atoms with Gasteiger partial charge in [0.1, 0.15) is 12.4 Å². The van der Waals surface area contributed by atoms with E-state index in [4.69, 9.17) is 15.6 Å². The van der Waals surface area contributed by atoms with Crippen molar-refractivity contribution in [3.8, 4) is 5.75 Å². The Morgan fingerprint density at radius 3 is 2.75 bits per heavy atom. The third-order valence-corrected chi connectivity index (χ3v) is 3.91. The summed E-state index contributed by atoms with van der Waals surface area (Å²) in [6.07, 6.45) is 0. The first-order chi connectivity index (χ1) is 9.40. The zero-order valence-electron chi connectivity index (χ0n) is 11.1. The Hall–Kier alpha value is -2.02. The molecule has 6 nitrogen and oxygen atoms in total. The van der Waals surface area contributed by atoms with Gasteiger partial charge in [-0.05, 0) is 41.1 Å². The predicted octanol–water partition coefficient (Wildman–Crippen LogP) is 2.35. The molecule has 0 fully saturated rings. The van der Waals surface area contributed by atoms with Crippen LogP contribution in [0, 0.1) is 6.92 Å². The minimum absolute atomic E-state index is 0.132. The molecule has 1 heterocycles. The van der Waals surface area contributed by atoms with E-state index in [1.54, 1.807) is 10.7 Å². The van der Waals surface area contributed by atoms with E-state index in [9.17, 15) is 4.79 Å². The summed E-state index contributed by atoms with van der Waals surface area (Å²) in [5.41, 5.74) is 7.96. The van der Waals surface area contributed by atoms with Crippen LogP contribution in [0.15, 0.2) is 22.7 Å². The number of aryl methyl sites for hydroxylation is 2. The molecule has 0 amide bonds.